The summed E-state index contributed by atoms with van der Waals surface area (Å²) in [5.41, 5.74) is 5.00. The second kappa shape index (κ2) is 5.01. The Morgan fingerprint density at radius 1 is 1.40 bits per heavy atom. The highest BCUT2D eigenvalue weighted by molar-refractivity contribution is 9.10. The molecule has 1 aromatic carbocycles. The van der Waals surface area contributed by atoms with Gasteiger partial charge in [-0.3, -0.25) is 0 Å². The molecule has 0 fully saturated rings. The Morgan fingerprint density at radius 2 is 1.87 bits per heavy atom. The van der Waals surface area contributed by atoms with E-state index in [2.05, 4.69) is 15.9 Å². The van der Waals surface area contributed by atoms with Gasteiger partial charge in [-0.05, 0) is 24.6 Å². The quantitative estimate of drug-likeness (QED) is 0.892. The van der Waals surface area contributed by atoms with Crippen LogP contribution in [0, 0.1) is 17.6 Å². The molecule has 1 rings (SSSR count). The second-order valence-electron chi connectivity index (χ2n) is 3.44. The van der Waals surface area contributed by atoms with E-state index in [0.717, 1.165) is 12.1 Å². The normalized spacial score (nSPS) is 15.1. The fourth-order valence-corrected chi connectivity index (χ4v) is 1.65. The van der Waals surface area contributed by atoms with Gasteiger partial charge in [0.25, 0.3) is 0 Å². The maximum Gasteiger partial charge on any atom is 0.133 e. The van der Waals surface area contributed by atoms with Crippen molar-refractivity contribution in [2.45, 2.75) is 13.0 Å². The Kier molecular flexibility index (Phi) is 4.19. The van der Waals surface area contributed by atoms with Crippen LogP contribution >= 0.6 is 15.9 Å². The first-order valence-electron chi connectivity index (χ1n) is 4.50. The summed E-state index contributed by atoms with van der Waals surface area (Å²) in [7, 11) is 0. The molecule has 15 heavy (non-hydrogen) atoms. The van der Waals surface area contributed by atoms with Gasteiger partial charge in [0.05, 0.1) is 11.7 Å². The minimum absolute atomic E-state index is 0.163. The van der Waals surface area contributed by atoms with Crippen molar-refractivity contribution in [3.05, 3.63) is 33.8 Å². The predicted octanol–water partition coefficient (Wildman–Crippen LogP) is 2.36. The highest BCUT2D eigenvalue weighted by atomic mass is 79.9. The number of rotatable bonds is 3. The van der Waals surface area contributed by atoms with Gasteiger partial charge in [-0.15, -0.1) is 0 Å². The molecule has 0 aliphatic heterocycles. The molecule has 84 valence electrons. The van der Waals surface area contributed by atoms with E-state index in [4.69, 9.17) is 5.73 Å². The molecule has 0 aliphatic carbocycles. The first kappa shape index (κ1) is 12.5. The summed E-state index contributed by atoms with van der Waals surface area (Å²) >= 11 is 2.96. The summed E-state index contributed by atoms with van der Waals surface area (Å²) in [6, 6.07) is 2.23. The Morgan fingerprint density at radius 3 is 2.27 bits per heavy atom. The smallest absolute Gasteiger partial charge is 0.133 e. The summed E-state index contributed by atoms with van der Waals surface area (Å²) in [6.07, 6.45) is -1.22. The maximum absolute atomic E-state index is 13.4. The lowest BCUT2D eigenvalue weighted by molar-refractivity contribution is 0.113. The van der Waals surface area contributed by atoms with Crippen molar-refractivity contribution in [3.63, 3.8) is 0 Å². The van der Waals surface area contributed by atoms with Crippen LogP contribution in [0.1, 0.15) is 18.6 Å². The van der Waals surface area contributed by atoms with Crippen molar-refractivity contribution in [1.82, 2.24) is 0 Å². The Labute approximate surface area is 95.2 Å². The standard InChI is InChI=1S/C10H12BrF2NO/c1-5(4-14)10(15)9-7(12)2-6(11)3-8(9)13/h2-3,5,10,15H,4,14H2,1H3. The van der Waals surface area contributed by atoms with Crippen LogP contribution < -0.4 is 5.73 Å². The molecule has 1 aromatic rings. The molecule has 5 heteroatoms. The van der Waals surface area contributed by atoms with E-state index in [-0.39, 0.29) is 12.1 Å². The lowest BCUT2D eigenvalue weighted by atomic mass is 9.97. The Bertz CT molecular complexity index is 336. The minimum atomic E-state index is -1.22. The van der Waals surface area contributed by atoms with Crippen molar-refractivity contribution in [3.8, 4) is 0 Å². The van der Waals surface area contributed by atoms with Crippen LogP contribution in [0.2, 0.25) is 0 Å². The number of aliphatic hydroxyl groups is 1. The van der Waals surface area contributed by atoms with Crippen LogP contribution in [0.15, 0.2) is 16.6 Å². The number of aliphatic hydroxyl groups excluding tert-OH is 1. The van der Waals surface area contributed by atoms with Gasteiger partial charge >= 0.3 is 0 Å². The van der Waals surface area contributed by atoms with E-state index in [1.807, 2.05) is 0 Å². The third-order valence-corrected chi connectivity index (χ3v) is 2.71. The van der Waals surface area contributed by atoms with E-state index in [0.29, 0.717) is 4.47 Å². The van der Waals surface area contributed by atoms with Crippen LogP contribution in [0.5, 0.6) is 0 Å². The maximum atomic E-state index is 13.4. The van der Waals surface area contributed by atoms with Crippen LogP contribution in [0.25, 0.3) is 0 Å². The third-order valence-electron chi connectivity index (χ3n) is 2.25. The monoisotopic (exact) mass is 279 g/mol. The van der Waals surface area contributed by atoms with Crippen LogP contribution in [0.3, 0.4) is 0 Å². The summed E-state index contributed by atoms with van der Waals surface area (Å²) in [4.78, 5) is 0. The Balaban J connectivity index is 3.13. The molecule has 0 aromatic heterocycles. The van der Waals surface area contributed by atoms with Gasteiger partial charge in [-0.25, -0.2) is 8.78 Å². The van der Waals surface area contributed by atoms with E-state index >= 15 is 0 Å². The number of benzene rings is 1. The topological polar surface area (TPSA) is 46.2 Å². The van der Waals surface area contributed by atoms with E-state index in [1.165, 1.54) is 0 Å². The van der Waals surface area contributed by atoms with E-state index < -0.39 is 23.7 Å². The van der Waals surface area contributed by atoms with Crippen LogP contribution in [-0.2, 0) is 0 Å². The summed E-state index contributed by atoms with van der Waals surface area (Å²) < 4.78 is 27.1. The third kappa shape index (κ3) is 2.74. The highest BCUT2D eigenvalue weighted by Crippen LogP contribution is 2.28. The summed E-state index contributed by atoms with van der Waals surface area (Å²) in [5.74, 6) is -1.93. The zero-order valence-corrected chi connectivity index (χ0v) is 9.76. The molecule has 0 spiro atoms. The zero-order chi connectivity index (χ0) is 11.6. The molecule has 2 unspecified atom stereocenters. The van der Waals surface area contributed by atoms with Crippen molar-refractivity contribution < 1.29 is 13.9 Å². The number of hydrogen-bond donors (Lipinski definition) is 2. The Hall–Kier alpha value is -0.520. The number of halogens is 3. The summed E-state index contributed by atoms with van der Waals surface area (Å²) in [6.45, 7) is 1.79. The molecule has 0 aliphatic rings. The number of hydrogen-bond acceptors (Lipinski definition) is 2. The van der Waals surface area contributed by atoms with Gasteiger partial charge < -0.3 is 10.8 Å². The van der Waals surface area contributed by atoms with Crippen molar-refractivity contribution >= 4 is 15.9 Å². The average molecular weight is 280 g/mol. The van der Waals surface area contributed by atoms with Gasteiger partial charge in [-0.1, -0.05) is 22.9 Å². The molecule has 0 radical (unpaired) electrons. The van der Waals surface area contributed by atoms with E-state index in [1.54, 1.807) is 6.92 Å². The lowest BCUT2D eigenvalue weighted by Crippen LogP contribution is -2.20. The van der Waals surface area contributed by atoms with Crippen LogP contribution in [0.4, 0.5) is 8.78 Å². The number of nitrogens with two attached hydrogens (primary N) is 1. The molecular formula is C10H12BrF2NO. The minimum Gasteiger partial charge on any atom is -0.388 e. The molecule has 0 bridgehead atoms. The zero-order valence-electron chi connectivity index (χ0n) is 8.17. The molecule has 0 saturated heterocycles. The molecular weight excluding hydrogens is 268 g/mol. The van der Waals surface area contributed by atoms with Crippen molar-refractivity contribution in [2.24, 2.45) is 11.7 Å². The van der Waals surface area contributed by atoms with E-state index in [9.17, 15) is 13.9 Å². The second-order valence-corrected chi connectivity index (χ2v) is 4.36. The first-order chi connectivity index (χ1) is 6.97. The molecule has 0 amide bonds. The molecule has 0 heterocycles. The SMILES string of the molecule is CC(CN)C(O)c1c(F)cc(Br)cc1F. The average Bonchev–Trinajstić information content (AvgIpc) is 2.14. The fourth-order valence-electron chi connectivity index (χ4n) is 1.25. The van der Waals surface area contributed by atoms with Gasteiger partial charge in [0.15, 0.2) is 0 Å². The molecule has 2 nitrogen and oxygen atoms in total. The highest BCUT2D eigenvalue weighted by Gasteiger charge is 2.23. The summed E-state index contributed by atoms with van der Waals surface area (Å²) in [5, 5.41) is 9.67. The van der Waals surface area contributed by atoms with Crippen LogP contribution in [-0.4, -0.2) is 11.7 Å². The molecule has 0 saturated carbocycles. The predicted molar refractivity (Wildman–Crippen MR) is 57.2 cm³/mol. The molecule has 3 N–H and O–H groups in total. The van der Waals surface area contributed by atoms with Gasteiger partial charge in [0.2, 0.25) is 0 Å². The van der Waals surface area contributed by atoms with Crippen molar-refractivity contribution in [1.29, 1.82) is 0 Å². The fraction of sp³-hybridized carbons (Fsp3) is 0.400. The van der Waals surface area contributed by atoms with Gasteiger partial charge in [0.1, 0.15) is 11.6 Å². The van der Waals surface area contributed by atoms with Gasteiger partial charge in [-0.2, -0.15) is 0 Å². The van der Waals surface area contributed by atoms with Crippen molar-refractivity contribution in [2.75, 3.05) is 6.54 Å². The lowest BCUT2D eigenvalue weighted by Gasteiger charge is -2.18. The largest absolute Gasteiger partial charge is 0.388 e. The molecule has 2 atom stereocenters. The first-order valence-corrected chi connectivity index (χ1v) is 5.29. The van der Waals surface area contributed by atoms with Gasteiger partial charge in [0, 0.05) is 4.47 Å².